The van der Waals surface area contributed by atoms with E-state index in [4.69, 9.17) is 5.11 Å². The summed E-state index contributed by atoms with van der Waals surface area (Å²) < 4.78 is 27.1. The summed E-state index contributed by atoms with van der Waals surface area (Å²) in [5.41, 5.74) is 1.97. The van der Waals surface area contributed by atoms with Crippen molar-refractivity contribution >= 4 is 37.2 Å². The number of carbonyl (C=O) groups is 1. The summed E-state index contributed by atoms with van der Waals surface area (Å²) in [4.78, 5) is 15.0. The number of aromatic nitrogens is 1. The van der Waals surface area contributed by atoms with Gasteiger partial charge in [-0.15, -0.1) is 11.3 Å². The van der Waals surface area contributed by atoms with Gasteiger partial charge in [-0.25, -0.2) is 18.2 Å². The van der Waals surface area contributed by atoms with Crippen LogP contribution in [0.25, 0.3) is 10.1 Å². The first kappa shape index (κ1) is 18.5. The van der Waals surface area contributed by atoms with E-state index in [1.54, 1.807) is 0 Å². The van der Waals surface area contributed by atoms with E-state index in [0.29, 0.717) is 10.1 Å². The molecule has 0 bridgehead atoms. The van der Waals surface area contributed by atoms with Crippen molar-refractivity contribution in [2.45, 2.75) is 36.7 Å². The van der Waals surface area contributed by atoms with Crippen LogP contribution >= 0.6 is 11.3 Å². The molecular formula is C19H19NO4S2. The van der Waals surface area contributed by atoms with Crippen molar-refractivity contribution in [3.8, 4) is 0 Å². The number of aryl methyl sites for hydroxylation is 1. The van der Waals surface area contributed by atoms with Gasteiger partial charge in [-0.3, -0.25) is 0 Å². The van der Waals surface area contributed by atoms with Crippen LogP contribution in [0.4, 0.5) is 0 Å². The lowest BCUT2D eigenvalue weighted by molar-refractivity contribution is 0.0690. The Morgan fingerprint density at radius 1 is 1.23 bits per heavy atom. The van der Waals surface area contributed by atoms with E-state index >= 15 is 0 Å². The molecule has 0 aliphatic carbocycles. The van der Waals surface area contributed by atoms with Crippen LogP contribution < -0.4 is 0 Å². The highest BCUT2D eigenvalue weighted by atomic mass is 32.2. The van der Waals surface area contributed by atoms with Gasteiger partial charge < -0.3 is 5.11 Å². The standard InChI is InChI=1S/C19H19NO4S2/c1-11(2)13-7-8-17-15(9-13)12(3)19(25-17)26(23,24)10-14-5-4-6-16(20-14)18(21)22/h4-9,11H,10H2,1-3H3,(H,21,22). The largest absolute Gasteiger partial charge is 0.477 e. The zero-order valence-corrected chi connectivity index (χ0v) is 16.3. The van der Waals surface area contributed by atoms with Crippen LogP contribution in [0.5, 0.6) is 0 Å². The van der Waals surface area contributed by atoms with Crippen LogP contribution in [0.15, 0.2) is 40.6 Å². The Morgan fingerprint density at radius 3 is 2.62 bits per heavy atom. The zero-order valence-electron chi connectivity index (χ0n) is 14.7. The number of benzene rings is 1. The number of fused-ring (bicyclic) bond motifs is 1. The number of rotatable bonds is 5. The van der Waals surface area contributed by atoms with Gasteiger partial charge in [0.2, 0.25) is 0 Å². The molecule has 7 heteroatoms. The molecule has 136 valence electrons. The number of pyridine rings is 1. The summed E-state index contributed by atoms with van der Waals surface area (Å²) in [5, 5.41) is 9.98. The first-order valence-corrected chi connectivity index (χ1v) is 10.6. The molecule has 2 heterocycles. The minimum atomic E-state index is -3.62. The van der Waals surface area contributed by atoms with E-state index in [9.17, 15) is 13.2 Å². The first-order chi connectivity index (χ1) is 12.2. The lowest BCUT2D eigenvalue weighted by atomic mass is 10.0. The Balaban J connectivity index is 2.03. The maximum absolute atomic E-state index is 12.9. The van der Waals surface area contributed by atoms with Crippen LogP contribution in [0.3, 0.4) is 0 Å². The molecule has 0 spiro atoms. The topological polar surface area (TPSA) is 84.3 Å². The Morgan fingerprint density at radius 2 is 1.96 bits per heavy atom. The van der Waals surface area contributed by atoms with E-state index in [0.717, 1.165) is 21.2 Å². The molecule has 0 saturated heterocycles. The van der Waals surface area contributed by atoms with E-state index in [-0.39, 0.29) is 17.1 Å². The number of carboxylic acids is 1. The third-order valence-electron chi connectivity index (χ3n) is 4.23. The molecule has 0 fully saturated rings. The molecule has 2 aromatic heterocycles. The van der Waals surface area contributed by atoms with Gasteiger partial charge in [-0.2, -0.15) is 0 Å². The fourth-order valence-corrected chi connectivity index (χ4v) is 5.94. The Bertz CT molecular complexity index is 1100. The van der Waals surface area contributed by atoms with Gasteiger partial charge in [-0.1, -0.05) is 26.0 Å². The Kier molecular flexibility index (Phi) is 4.86. The summed E-state index contributed by atoms with van der Waals surface area (Å²) in [6.07, 6.45) is 0. The van der Waals surface area contributed by atoms with Crippen LogP contribution in [-0.4, -0.2) is 24.5 Å². The number of hydrogen-bond acceptors (Lipinski definition) is 5. The minimum Gasteiger partial charge on any atom is -0.477 e. The van der Waals surface area contributed by atoms with Crippen molar-refractivity contribution in [1.29, 1.82) is 0 Å². The lowest BCUT2D eigenvalue weighted by Gasteiger charge is -2.05. The molecule has 0 aliphatic rings. The minimum absolute atomic E-state index is 0.160. The third kappa shape index (κ3) is 3.50. The molecule has 0 atom stereocenters. The molecule has 3 aromatic rings. The Hall–Kier alpha value is -2.25. The van der Waals surface area contributed by atoms with Crippen molar-refractivity contribution < 1.29 is 18.3 Å². The second-order valence-corrected chi connectivity index (χ2v) is 9.74. The van der Waals surface area contributed by atoms with Crippen LogP contribution in [0.1, 0.15) is 47.1 Å². The average molecular weight is 389 g/mol. The van der Waals surface area contributed by atoms with Gasteiger partial charge in [0.25, 0.3) is 0 Å². The van der Waals surface area contributed by atoms with Crippen LogP contribution in [0, 0.1) is 6.92 Å². The van der Waals surface area contributed by atoms with Gasteiger partial charge in [0.15, 0.2) is 9.84 Å². The highest BCUT2D eigenvalue weighted by Gasteiger charge is 2.23. The second-order valence-electron chi connectivity index (χ2n) is 6.50. The average Bonchev–Trinajstić information content (AvgIpc) is 2.92. The van der Waals surface area contributed by atoms with Crippen molar-refractivity contribution in [3.63, 3.8) is 0 Å². The van der Waals surface area contributed by atoms with Crippen molar-refractivity contribution in [1.82, 2.24) is 4.98 Å². The number of sulfone groups is 1. The predicted octanol–water partition coefficient (Wildman–Crippen LogP) is 4.40. The van der Waals surface area contributed by atoms with Gasteiger partial charge >= 0.3 is 5.97 Å². The summed E-state index contributed by atoms with van der Waals surface area (Å²) in [6.45, 7) is 6.01. The Labute approximate surface area is 156 Å². The van der Waals surface area contributed by atoms with Crippen LogP contribution in [0.2, 0.25) is 0 Å². The number of thiophene rings is 1. The van der Waals surface area contributed by atoms with E-state index in [1.807, 2.05) is 25.1 Å². The number of hydrogen-bond donors (Lipinski definition) is 1. The predicted molar refractivity (Wildman–Crippen MR) is 103 cm³/mol. The van der Waals surface area contributed by atoms with Crippen molar-refractivity contribution in [2.75, 3.05) is 0 Å². The first-order valence-electron chi connectivity index (χ1n) is 8.14. The monoisotopic (exact) mass is 389 g/mol. The van der Waals surface area contributed by atoms with Gasteiger partial charge in [0.05, 0.1) is 11.4 Å². The number of carboxylic acid groups (broad SMARTS) is 1. The molecule has 1 N–H and O–H groups in total. The number of nitrogens with zero attached hydrogens (tertiary/aromatic N) is 1. The molecule has 3 rings (SSSR count). The second kappa shape index (κ2) is 6.81. The summed E-state index contributed by atoms with van der Waals surface area (Å²) >= 11 is 1.25. The number of aromatic carboxylic acids is 1. The summed E-state index contributed by atoms with van der Waals surface area (Å²) in [5.74, 6) is -1.14. The van der Waals surface area contributed by atoms with Crippen molar-refractivity contribution in [2.24, 2.45) is 0 Å². The smallest absolute Gasteiger partial charge is 0.354 e. The SMILES string of the molecule is Cc1c(S(=O)(=O)Cc2cccc(C(=O)O)n2)sc2ccc(C(C)C)cc12. The molecule has 0 amide bonds. The molecule has 0 unspecified atom stereocenters. The van der Waals surface area contributed by atoms with Gasteiger partial charge in [-0.05, 0) is 53.6 Å². The lowest BCUT2D eigenvalue weighted by Crippen LogP contribution is -2.08. The summed E-state index contributed by atoms with van der Waals surface area (Å²) in [7, 11) is -3.62. The molecule has 0 aliphatic heterocycles. The highest BCUT2D eigenvalue weighted by molar-refractivity contribution is 7.93. The van der Waals surface area contributed by atoms with Crippen LogP contribution in [-0.2, 0) is 15.6 Å². The molecule has 0 saturated carbocycles. The molecule has 5 nitrogen and oxygen atoms in total. The fourth-order valence-electron chi connectivity index (χ4n) is 2.81. The van der Waals surface area contributed by atoms with Gasteiger partial charge in [0, 0.05) is 4.70 Å². The normalized spacial score (nSPS) is 12.0. The molecular weight excluding hydrogens is 370 g/mol. The maximum Gasteiger partial charge on any atom is 0.354 e. The maximum atomic E-state index is 12.9. The van der Waals surface area contributed by atoms with Crippen molar-refractivity contribution in [3.05, 3.63) is 58.9 Å². The summed E-state index contributed by atoms with van der Waals surface area (Å²) in [6, 6.07) is 10.4. The van der Waals surface area contributed by atoms with E-state index in [2.05, 4.69) is 18.8 Å². The highest BCUT2D eigenvalue weighted by Crippen LogP contribution is 2.37. The molecule has 1 aromatic carbocycles. The zero-order chi connectivity index (χ0) is 19.1. The van der Waals surface area contributed by atoms with E-state index < -0.39 is 15.8 Å². The fraction of sp³-hybridized carbons (Fsp3) is 0.263. The molecule has 0 radical (unpaired) electrons. The van der Waals surface area contributed by atoms with Gasteiger partial charge in [0.1, 0.15) is 9.90 Å². The van der Waals surface area contributed by atoms with E-state index in [1.165, 1.54) is 29.5 Å². The third-order valence-corrected chi connectivity index (χ3v) is 7.86. The quantitative estimate of drug-likeness (QED) is 0.699. The molecule has 26 heavy (non-hydrogen) atoms.